The van der Waals surface area contributed by atoms with Gasteiger partial charge in [-0.15, -0.1) is 0 Å². The molecule has 0 saturated carbocycles. The average molecular weight is 467 g/mol. The molecule has 0 radical (unpaired) electrons. The van der Waals surface area contributed by atoms with Crippen LogP contribution >= 0.6 is 0 Å². The Hall–Kier alpha value is -4.03. The Balaban J connectivity index is 1.34. The number of nitrogens with zero attached hydrogens (tertiary/aromatic N) is 1. The summed E-state index contributed by atoms with van der Waals surface area (Å²) in [6, 6.07) is 27.4. The number of para-hydroxylation sites is 1. The number of ether oxygens (including phenoxy) is 2. The van der Waals surface area contributed by atoms with E-state index < -0.39 is 5.97 Å². The lowest BCUT2D eigenvalue weighted by Gasteiger charge is -2.12. The molecule has 5 rings (SSSR count). The highest BCUT2D eigenvalue weighted by atomic mass is 16.5. The third-order valence-electron chi connectivity index (χ3n) is 6.11. The van der Waals surface area contributed by atoms with E-state index >= 15 is 0 Å². The van der Waals surface area contributed by atoms with Crippen LogP contribution in [-0.2, 0) is 14.3 Å². The number of aromatic nitrogens is 1. The van der Waals surface area contributed by atoms with Crippen LogP contribution in [0.5, 0.6) is 0 Å². The summed E-state index contributed by atoms with van der Waals surface area (Å²) in [7, 11) is 0. The molecule has 35 heavy (non-hydrogen) atoms. The lowest BCUT2D eigenvalue weighted by molar-refractivity contribution is -0.124. The predicted octanol–water partition coefficient (Wildman–Crippen LogP) is 5.02. The van der Waals surface area contributed by atoms with Gasteiger partial charge in [0.05, 0.1) is 22.9 Å². The zero-order valence-corrected chi connectivity index (χ0v) is 19.3. The van der Waals surface area contributed by atoms with Gasteiger partial charge in [0.1, 0.15) is 0 Å². The first-order valence-corrected chi connectivity index (χ1v) is 11.8. The predicted molar refractivity (Wildman–Crippen MR) is 135 cm³/mol. The Kier molecular flexibility index (Phi) is 6.82. The highest BCUT2D eigenvalue weighted by Gasteiger charge is 2.19. The van der Waals surface area contributed by atoms with Gasteiger partial charge < -0.3 is 14.8 Å². The summed E-state index contributed by atoms with van der Waals surface area (Å²) in [5.41, 5.74) is 4.85. The van der Waals surface area contributed by atoms with Crippen LogP contribution in [0.15, 0.2) is 84.9 Å². The van der Waals surface area contributed by atoms with Gasteiger partial charge in [-0.25, -0.2) is 9.78 Å². The number of hydrogen-bond donors (Lipinski definition) is 1. The Morgan fingerprint density at radius 3 is 2.40 bits per heavy atom. The van der Waals surface area contributed by atoms with Gasteiger partial charge in [-0.2, -0.15) is 0 Å². The van der Waals surface area contributed by atoms with E-state index in [1.54, 1.807) is 6.07 Å². The number of esters is 1. The Morgan fingerprint density at radius 1 is 0.914 bits per heavy atom. The van der Waals surface area contributed by atoms with Gasteiger partial charge in [-0.05, 0) is 36.1 Å². The summed E-state index contributed by atoms with van der Waals surface area (Å²) < 4.78 is 10.9. The van der Waals surface area contributed by atoms with Gasteiger partial charge >= 0.3 is 5.97 Å². The quantitative estimate of drug-likeness (QED) is 0.387. The topological polar surface area (TPSA) is 77.5 Å². The summed E-state index contributed by atoms with van der Waals surface area (Å²) in [4.78, 5) is 29.9. The largest absolute Gasteiger partial charge is 0.452 e. The molecular weight excluding hydrogens is 440 g/mol. The number of pyridine rings is 1. The maximum Gasteiger partial charge on any atom is 0.339 e. The van der Waals surface area contributed by atoms with E-state index in [1.807, 2.05) is 66.7 Å². The molecule has 0 aliphatic carbocycles. The van der Waals surface area contributed by atoms with Gasteiger partial charge in [0, 0.05) is 24.1 Å². The zero-order chi connectivity index (χ0) is 24.0. The van der Waals surface area contributed by atoms with Crippen LogP contribution in [0.4, 0.5) is 0 Å². The Morgan fingerprint density at radius 2 is 1.63 bits per heavy atom. The van der Waals surface area contributed by atoms with E-state index in [4.69, 9.17) is 14.5 Å². The third kappa shape index (κ3) is 5.39. The molecule has 0 unspecified atom stereocenters. The maximum atomic E-state index is 13.0. The van der Waals surface area contributed by atoms with E-state index in [9.17, 15) is 9.59 Å². The molecule has 1 saturated heterocycles. The number of fused-ring (bicyclic) bond motifs is 1. The van der Waals surface area contributed by atoms with E-state index in [0.29, 0.717) is 28.7 Å². The maximum absolute atomic E-state index is 13.0. The molecule has 6 nitrogen and oxygen atoms in total. The van der Waals surface area contributed by atoms with E-state index in [-0.39, 0.29) is 18.6 Å². The lowest BCUT2D eigenvalue weighted by atomic mass is 10.0. The molecular formula is C29H26N2O4. The van der Waals surface area contributed by atoms with Gasteiger partial charge in [0.15, 0.2) is 6.61 Å². The van der Waals surface area contributed by atoms with E-state index in [0.717, 1.165) is 36.1 Å². The molecule has 6 heteroatoms. The molecule has 2 heterocycles. The fourth-order valence-electron chi connectivity index (χ4n) is 4.25. The zero-order valence-electron chi connectivity index (χ0n) is 19.3. The normalized spacial score (nSPS) is 15.1. The summed E-state index contributed by atoms with van der Waals surface area (Å²) in [5.74, 6) is -0.901. The average Bonchev–Trinajstić information content (AvgIpc) is 3.44. The highest BCUT2D eigenvalue weighted by Crippen LogP contribution is 2.28. The number of amides is 1. The fourth-order valence-corrected chi connectivity index (χ4v) is 4.25. The standard InChI is InChI=1S/C29H26N2O4/c32-28(30-18-23-9-6-16-34-23)19-35-29(33)25-17-27(31-26-11-5-4-10-24(25)26)22-14-12-21(13-15-22)20-7-2-1-3-8-20/h1-5,7-8,10-15,17,23H,6,9,16,18-19H2,(H,30,32)/t23-/m0/s1. The number of hydrogen-bond acceptors (Lipinski definition) is 5. The minimum absolute atomic E-state index is 0.0367. The van der Waals surface area contributed by atoms with E-state index in [1.165, 1.54) is 0 Å². The first kappa shape index (κ1) is 22.7. The van der Waals surface area contributed by atoms with Crippen LogP contribution in [0.25, 0.3) is 33.3 Å². The van der Waals surface area contributed by atoms with Crippen molar-refractivity contribution in [3.05, 3.63) is 90.5 Å². The van der Waals surface area contributed by atoms with Gasteiger partial charge in [0.2, 0.25) is 0 Å². The van der Waals surface area contributed by atoms with Crippen molar-refractivity contribution in [1.29, 1.82) is 0 Å². The van der Waals surface area contributed by atoms with Crippen molar-refractivity contribution in [1.82, 2.24) is 10.3 Å². The van der Waals surface area contributed by atoms with Gasteiger partial charge in [0.25, 0.3) is 5.91 Å². The van der Waals surface area contributed by atoms with Crippen molar-refractivity contribution in [3.63, 3.8) is 0 Å². The van der Waals surface area contributed by atoms with Crippen LogP contribution in [0, 0.1) is 0 Å². The Labute approximate surface area is 203 Å². The van der Waals surface area contributed by atoms with Crippen molar-refractivity contribution in [3.8, 4) is 22.4 Å². The summed E-state index contributed by atoms with van der Waals surface area (Å²) in [6.45, 7) is 0.808. The molecule has 1 fully saturated rings. The van der Waals surface area contributed by atoms with Crippen molar-refractivity contribution < 1.29 is 19.1 Å². The summed E-state index contributed by atoms with van der Waals surface area (Å²) in [5, 5.41) is 3.45. The van der Waals surface area contributed by atoms with Crippen LogP contribution in [-0.4, -0.2) is 42.7 Å². The SMILES string of the molecule is O=C(COC(=O)c1cc(-c2ccc(-c3ccccc3)cc2)nc2ccccc12)NC[C@@H]1CCCO1. The van der Waals surface area contributed by atoms with Crippen LogP contribution in [0.2, 0.25) is 0 Å². The number of carbonyl (C=O) groups excluding carboxylic acids is 2. The number of nitrogens with one attached hydrogen (secondary N) is 1. The molecule has 1 aliphatic rings. The molecule has 0 spiro atoms. The van der Waals surface area contributed by atoms with Crippen LogP contribution in [0.3, 0.4) is 0 Å². The molecule has 1 aliphatic heterocycles. The molecule has 1 aromatic heterocycles. The summed E-state index contributed by atoms with van der Waals surface area (Å²) in [6.07, 6.45) is 1.97. The molecule has 0 bridgehead atoms. The van der Waals surface area contributed by atoms with Crippen LogP contribution < -0.4 is 5.32 Å². The Bertz CT molecular complexity index is 1330. The van der Waals surface area contributed by atoms with Gasteiger partial charge in [-0.3, -0.25) is 4.79 Å². The van der Waals surface area contributed by atoms with Gasteiger partial charge in [-0.1, -0.05) is 72.8 Å². The van der Waals surface area contributed by atoms with Crippen molar-refractivity contribution >= 4 is 22.8 Å². The molecule has 4 aromatic rings. The molecule has 1 N–H and O–H groups in total. The monoisotopic (exact) mass is 466 g/mol. The fraction of sp³-hybridized carbons (Fsp3) is 0.207. The molecule has 1 amide bonds. The second kappa shape index (κ2) is 10.5. The molecule has 3 aromatic carbocycles. The van der Waals surface area contributed by atoms with Crippen molar-refractivity contribution in [2.24, 2.45) is 0 Å². The molecule has 176 valence electrons. The number of carbonyl (C=O) groups is 2. The smallest absolute Gasteiger partial charge is 0.339 e. The molecule has 1 atom stereocenters. The first-order chi connectivity index (χ1) is 17.2. The minimum atomic E-state index is -0.557. The third-order valence-corrected chi connectivity index (χ3v) is 6.11. The van der Waals surface area contributed by atoms with E-state index in [2.05, 4.69) is 17.4 Å². The second-order valence-electron chi connectivity index (χ2n) is 8.53. The highest BCUT2D eigenvalue weighted by molar-refractivity contribution is 6.05. The van der Waals surface area contributed by atoms with Crippen LogP contribution in [0.1, 0.15) is 23.2 Å². The number of rotatable bonds is 7. The minimum Gasteiger partial charge on any atom is -0.452 e. The number of benzene rings is 3. The lowest BCUT2D eigenvalue weighted by Crippen LogP contribution is -2.34. The van der Waals surface area contributed by atoms with Crippen molar-refractivity contribution in [2.45, 2.75) is 18.9 Å². The first-order valence-electron chi connectivity index (χ1n) is 11.8. The second-order valence-corrected chi connectivity index (χ2v) is 8.53. The summed E-state index contributed by atoms with van der Waals surface area (Å²) >= 11 is 0. The van der Waals surface area contributed by atoms with Crippen molar-refractivity contribution in [2.75, 3.05) is 19.8 Å².